The van der Waals surface area contributed by atoms with Crippen LogP contribution in [0.3, 0.4) is 0 Å². The first-order valence-corrected chi connectivity index (χ1v) is 9.36. The summed E-state index contributed by atoms with van der Waals surface area (Å²) in [5.41, 5.74) is 1.42. The van der Waals surface area contributed by atoms with Crippen molar-refractivity contribution in [2.24, 2.45) is 0 Å². The number of hydrogen-bond acceptors (Lipinski definition) is 5. The zero-order valence-corrected chi connectivity index (χ0v) is 16.3. The average Bonchev–Trinajstić information content (AvgIpc) is 3.04. The van der Waals surface area contributed by atoms with Crippen LogP contribution in [0.15, 0.2) is 53.7 Å². The van der Waals surface area contributed by atoms with Crippen molar-refractivity contribution in [2.75, 3.05) is 7.11 Å². The Hall–Kier alpha value is -2.02. The van der Waals surface area contributed by atoms with Crippen molar-refractivity contribution in [1.29, 1.82) is 0 Å². The van der Waals surface area contributed by atoms with Crippen LogP contribution >= 0.6 is 35.0 Å². The molecule has 8 heteroatoms. The second-order valence-electron chi connectivity index (χ2n) is 5.36. The summed E-state index contributed by atoms with van der Waals surface area (Å²) in [7, 11) is 1.35. The third kappa shape index (κ3) is 3.72. The van der Waals surface area contributed by atoms with E-state index in [2.05, 4.69) is 10.2 Å². The molecule has 3 rings (SSSR count). The molecule has 0 aliphatic carbocycles. The lowest BCUT2D eigenvalue weighted by atomic mass is 10.2. The molecule has 5 nitrogen and oxygen atoms in total. The second kappa shape index (κ2) is 8.12. The third-order valence-electron chi connectivity index (χ3n) is 3.66. The van der Waals surface area contributed by atoms with E-state index in [1.54, 1.807) is 23.6 Å². The quantitative estimate of drug-likeness (QED) is 0.444. The first kappa shape index (κ1) is 18.8. The molecule has 0 saturated heterocycles. The Morgan fingerprint density at radius 3 is 2.38 bits per heavy atom. The number of carbonyl (C=O) groups is 1. The molecule has 134 valence electrons. The summed E-state index contributed by atoms with van der Waals surface area (Å²) in [5.74, 6) is 0.200. The van der Waals surface area contributed by atoms with Crippen LogP contribution in [0.5, 0.6) is 0 Å². The predicted octanol–water partition coefficient (Wildman–Crippen LogP) is 4.89. The average molecular weight is 408 g/mol. The molecule has 1 heterocycles. The van der Waals surface area contributed by atoms with Crippen molar-refractivity contribution >= 4 is 40.9 Å². The van der Waals surface area contributed by atoms with Crippen LogP contribution in [0.25, 0.3) is 17.1 Å². The number of carbonyl (C=O) groups excluding carboxylic acids is 1. The van der Waals surface area contributed by atoms with Crippen molar-refractivity contribution in [1.82, 2.24) is 14.8 Å². The van der Waals surface area contributed by atoms with E-state index in [1.165, 1.54) is 18.9 Å². The summed E-state index contributed by atoms with van der Waals surface area (Å²) < 4.78 is 6.60. The van der Waals surface area contributed by atoms with E-state index in [4.69, 9.17) is 27.9 Å². The minimum absolute atomic E-state index is 0.344. The molecule has 0 radical (unpaired) electrons. The van der Waals surface area contributed by atoms with Gasteiger partial charge in [-0.15, -0.1) is 10.2 Å². The first-order chi connectivity index (χ1) is 12.5. The van der Waals surface area contributed by atoms with E-state index in [0.29, 0.717) is 26.7 Å². The Bertz CT molecular complexity index is 946. The molecule has 26 heavy (non-hydrogen) atoms. The van der Waals surface area contributed by atoms with Gasteiger partial charge in [0, 0.05) is 5.56 Å². The van der Waals surface area contributed by atoms with Gasteiger partial charge >= 0.3 is 5.97 Å². The Morgan fingerprint density at radius 2 is 1.73 bits per heavy atom. The van der Waals surface area contributed by atoms with Gasteiger partial charge in [-0.1, -0.05) is 59.2 Å². The van der Waals surface area contributed by atoms with E-state index in [9.17, 15) is 4.79 Å². The Labute approximate surface area is 165 Å². The zero-order valence-electron chi connectivity index (χ0n) is 14.0. The molecule has 0 bridgehead atoms. The molecule has 0 fully saturated rings. The summed E-state index contributed by atoms with van der Waals surface area (Å²) in [6.07, 6.45) is 0. The van der Waals surface area contributed by atoms with E-state index in [-0.39, 0.29) is 5.97 Å². The molecule has 3 aromatic rings. The summed E-state index contributed by atoms with van der Waals surface area (Å²) in [6, 6.07) is 14.7. The Kier molecular flexibility index (Phi) is 5.86. The topological polar surface area (TPSA) is 57.0 Å². The monoisotopic (exact) mass is 407 g/mol. The number of aromatic nitrogens is 3. The highest BCUT2D eigenvalue weighted by atomic mass is 35.5. The maximum Gasteiger partial charge on any atom is 0.318 e. The van der Waals surface area contributed by atoms with E-state index in [1.807, 2.05) is 36.4 Å². The number of nitrogens with zero attached hydrogens (tertiary/aromatic N) is 3. The Morgan fingerprint density at radius 1 is 1.08 bits per heavy atom. The molecule has 1 aromatic heterocycles. The molecule has 0 aliphatic heterocycles. The van der Waals surface area contributed by atoms with Gasteiger partial charge in [0.25, 0.3) is 0 Å². The molecule has 0 spiro atoms. The predicted molar refractivity (Wildman–Crippen MR) is 104 cm³/mol. The number of methoxy groups -OCH3 is 1. The summed E-state index contributed by atoms with van der Waals surface area (Å²) in [5, 5.41) is 9.71. The van der Waals surface area contributed by atoms with Gasteiger partial charge < -0.3 is 4.74 Å². The number of para-hydroxylation sites is 1. The molecular formula is C18H15Cl2N3O2S. The molecule has 1 atom stereocenters. The fraction of sp³-hybridized carbons (Fsp3) is 0.167. The summed E-state index contributed by atoms with van der Waals surface area (Å²) in [6.45, 7) is 1.75. The normalized spacial score (nSPS) is 12.0. The van der Waals surface area contributed by atoms with Crippen LogP contribution in [-0.4, -0.2) is 33.1 Å². The minimum Gasteiger partial charge on any atom is -0.468 e. The number of rotatable bonds is 5. The molecule has 0 aliphatic rings. The maximum atomic E-state index is 11.8. The largest absolute Gasteiger partial charge is 0.468 e. The van der Waals surface area contributed by atoms with Crippen molar-refractivity contribution in [3.63, 3.8) is 0 Å². The van der Waals surface area contributed by atoms with Crippen LogP contribution in [-0.2, 0) is 9.53 Å². The number of thioether (sulfide) groups is 1. The summed E-state index contributed by atoms with van der Waals surface area (Å²) >= 11 is 14.0. The summed E-state index contributed by atoms with van der Waals surface area (Å²) in [4.78, 5) is 11.8. The van der Waals surface area contributed by atoms with Crippen LogP contribution in [0.1, 0.15) is 6.92 Å². The van der Waals surface area contributed by atoms with Crippen molar-refractivity contribution < 1.29 is 9.53 Å². The third-order valence-corrected chi connectivity index (χ3v) is 5.33. The lowest BCUT2D eigenvalue weighted by molar-refractivity contribution is -0.139. The number of esters is 1. The number of benzene rings is 2. The van der Waals surface area contributed by atoms with Crippen LogP contribution < -0.4 is 0 Å². The SMILES string of the molecule is COC(=O)C(C)Sc1nnc(-c2ccccc2Cl)n1-c1ccccc1Cl. The van der Waals surface area contributed by atoms with E-state index in [0.717, 1.165) is 5.56 Å². The molecular weight excluding hydrogens is 393 g/mol. The van der Waals surface area contributed by atoms with Gasteiger partial charge in [-0.3, -0.25) is 9.36 Å². The van der Waals surface area contributed by atoms with Gasteiger partial charge in [0.15, 0.2) is 11.0 Å². The molecule has 2 aromatic carbocycles. The highest BCUT2D eigenvalue weighted by Crippen LogP contribution is 2.35. The first-order valence-electron chi connectivity index (χ1n) is 7.72. The molecule has 0 saturated carbocycles. The van der Waals surface area contributed by atoms with Gasteiger partial charge in [-0.2, -0.15) is 0 Å². The minimum atomic E-state index is -0.454. The van der Waals surface area contributed by atoms with Crippen molar-refractivity contribution in [2.45, 2.75) is 17.3 Å². The van der Waals surface area contributed by atoms with Crippen molar-refractivity contribution in [3.05, 3.63) is 58.6 Å². The smallest absolute Gasteiger partial charge is 0.318 e. The van der Waals surface area contributed by atoms with Gasteiger partial charge in [0.2, 0.25) is 0 Å². The van der Waals surface area contributed by atoms with Gasteiger partial charge in [-0.25, -0.2) is 0 Å². The van der Waals surface area contributed by atoms with Crippen LogP contribution in [0, 0.1) is 0 Å². The standard InChI is InChI=1S/C18H15Cl2N3O2S/c1-11(17(24)25-2)26-18-22-21-16(12-7-3-4-8-13(12)19)23(18)15-10-6-5-9-14(15)20/h3-11H,1-2H3. The Balaban J connectivity index is 2.17. The molecule has 0 N–H and O–H groups in total. The molecule has 0 amide bonds. The number of hydrogen-bond donors (Lipinski definition) is 0. The fourth-order valence-electron chi connectivity index (χ4n) is 2.39. The van der Waals surface area contributed by atoms with E-state index < -0.39 is 5.25 Å². The lowest BCUT2D eigenvalue weighted by Gasteiger charge is -2.14. The zero-order chi connectivity index (χ0) is 18.7. The highest BCUT2D eigenvalue weighted by Gasteiger charge is 2.23. The van der Waals surface area contributed by atoms with Crippen molar-refractivity contribution in [3.8, 4) is 17.1 Å². The number of ether oxygens (including phenoxy) is 1. The van der Waals surface area contributed by atoms with Gasteiger partial charge in [0.05, 0.1) is 22.8 Å². The van der Waals surface area contributed by atoms with E-state index >= 15 is 0 Å². The highest BCUT2D eigenvalue weighted by molar-refractivity contribution is 8.00. The lowest BCUT2D eigenvalue weighted by Crippen LogP contribution is -2.15. The maximum absolute atomic E-state index is 11.8. The second-order valence-corrected chi connectivity index (χ2v) is 7.48. The van der Waals surface area contributed by atoms with Crippen LogP contribution in [0.4, 0.5) is 0 Å². The van der Waals surface area contributed by atoms with Gasteiger partial charge in [-0.05, 0) is 31.2 Å². The number of halogens is 2. The van der Waals surface area contributed by atoms with Gasteiger partial charge in [0.1, 0.15) is 5.25 Å². The fourth-order valence-corrected chi connectivity index (χ4v) is 3.71. The van der Waals surface area contributed by atoms with Crippen LogP contribution in [0.2, 0.25) is 10.0 Å². The molecule has 1 unspecified atom stereocenters.